The van der Waals surface area contributed by atoms with Crippen molar-refractivity contribution in [1.82, 2.24) is 0 Å². The molecule has 2 aromatic rings. The van der Waals surface area contributed by atoms with Gasteiger partial charge in [-0.3, -0.25) is 0 Å². The predicted octanol–water partition coefficient (Wildman–Crippen LogP) is 4.59. The summed E-state index contributed by atoms with van der Waals surface area (Å²) in [7, 11) is 0. The van der Waals surface area contributed by atoms with Crippen LogP contribution in [-0.4, -0.2) is 0 Å². The number of halogens is 2. The quantitative estimate of drug-likeness (QED) is 0.893. The largest absolute Gasteiger partial charge is 0.378 e. The van der Waals surface area contributed by atoms with Crippen LogP contribution in [0.5, 0.6) is 0 Å². The molecule has 0 bridgehead atoms. The van der Waals surface area contributed by atoms with Gasteiger partial charge >= 0.3 is 0 Å². The summed E-state index contributed by atoms with van der Waals surface area (Å²) >= 11 is 7.35. The second kappa shape index (κ2) is 5.38. The lowest BCUT2D eigenvalue weighted by Gasteiger charge is -2.13. The fourth-order valence-corrected chi connectivity index (χ4v) is 2.64. The summed E-state index contributed by atoms with van der Waals surface area (Å²) in [6, 6.07) is 10.1. The Bertz CT molecular complexity index is 603. The van der Waals surface area contributed by atoms with Crippen LogP contribution in [0.2, 0.25) is 4.34 Å². The van der Waals surface area contributed by atoms with Crippen molar-refractivity contribution in [3.05, 3.63) is 50.9 Å². The van der Waals surface area contributed by atoms with E-state index >= 15 is 0 Å². The zero-order valence-electron chi connectivity index (χ0n) is 9.58. The molecule has 18 heavy (non-hydrogen) atoms. The van der Waals surface area contributed by atoms with E-state index in [2.05, 4.69) is 5.32 Å². The lowest BCUT2D eigenvalue weighted by atomic mass is 10.2. The van der Waals surface area contributed by atoms with Crippen molar-refractivity contribution in [2.24, 2.45) is 0 Å². The van der Waals surface area contributed by atoms with E-state index in [0.717, 1.165) is 9.21 Å². The predicted molar refractivity (Wildman–Crippen MR) is 72.5 cm³/mol. The normalized spacial score (nSPS) is 11.9. The Hall–Kier alpha value is -1.57. The Labute approximate surface area is 114 Å². The van der Waals surface area contributed by atoms with Crippen molar-refractivity contribution in [3.8, 4) is 6.07 Å². The van der Waals surface area contributed by atoms with Gasteiger partial charge in [0.15, 0.2) is 0 Å². The van der Waals surface area contributed by atoms with E-state index in [1.165, 1.54) is 23.5 Å². The van der Waals surface area contributed by atoms with Gasteiger partial charge in [-0.15, -0.1) is 11.3 Å². The van der Waals surface area contributed by atoms with Gasteiger partial charge in [-0.2, -0.15) is 5.26 Å². The third-order valence-corrected chi connectivity index (χ3v) is 3.91. The number of nitrogens with zero attached hydrogens (tertiary/aromatic N) is 1. The highest BCUT2D eigenvalue weighted by atomic mass is 35.5. The van der Waals surface area contributed by atoms with Crippen LogP contribution in [0.3, 0.4) is 0 Å². The first-order chi connectivity index (χ1) is 8.60. The first kappa shape index (κ1) is 12.9. The number of thiophene rings is 1. The maximum Gasteiger partial charge on any atom is 0.143 e. The molecule has 0 radical (unpaired) electrons. The molecule has 92 valence electrons. The van der Waals surface area contributed by atoms with Gasteiger partial charge in [-0.1, -0.05) is 11.6 Å². The third kappa shape index (κ3) is 2.81. The summed E-state index contributed by atoms with van der Waals surface area (Å²) in [5.74, 6) is -0.515. The minimum Gasteiger partial charge on any atom is -0.378 e. The average Bonchev–Trinajstić information content (AvgIpc) is 2.76. The third-order valence-electron chi connectivity index (χ3n) is 2.49. The van der Waals surface area contributed by atoms with Crippen molar-refractivity contribution in [3.63, 3.8) is 0 Å². The smallest absolute Gasteiger partial charge is 0.143 e. The molecule has 1 atom stereocenters. The van der Waals surface area contributed by atoms with Crippen molar-refractivity contribution in [2.75, 3.05) is 5.32 Å². The first-order valence-electron chi connectivity index (χ1n) is 5.31. The van der Waals surface area contributed by atoms with Gasteiger partial charge in [0.1, 0.15) is 11.9 Å². The molecule has 0 spiro atoms. The maximum absolute atomic E-state index is 13.4. The van der Waals surface area contributed by atoms with Crippen LogP contribution >= 0.6 is 22.9 Å². The van der Waals surface area contributed by atoms with Crippen LogP contribution in [-0.2, 0) is 0 Å². The fourth-order valence-electron chi connectivity index (χ4n) is 1.58. The zero-order chi connectivity index (χ0) is 13.1. The fraction of sp³-hybridized carbons (Fsp3) is 0.154. The van der Waals surface area contributed by atoms with E-state index < -0.39 is 5.82 Å². The molecule has 1 heterocycles. The molecular weight excluding hydrogens is 271 g/mol. The summed E-state index contributed by atoms with van der Waals surface area (Å²) in [4.78, 5) is 1.07. The molecule has 1 unspecified atom stereocenters. The van der Waals surface area contributed by atoms with E-state index in [9.17, 15) is 4.39 Å². The van der Waals surface area contributed by atoms with Crippen LogP contribution < -0.4 is 5.32 Å². The van der Waals surface area contributed by atoms with Gasteiger partial charge in [0, 0.05) is 10.6 Å². The van der Waals surface area contributed by atoms with Crippen LogP contribution in [0.25, 0.3) is 0 Å². The Morgan fingerprint density at radius 1 is 1.39 bits per heavy atom. The lowest BCUT2D eigenvalue weighted by molar-refractivity contribution is 0.624. The standard InChI is InChI=1S/C13H10ClFN2S/c1-8(12-4-5-13(14)18-12)17-10-3-2-9(7-16)11(15)6-10/h2-6,8,17H,1H3. The molecule has 1 aromatic carbocycles. The second-order valence-electron chi connectivity index (χ2n) is 3.81. The molecule has 0 amide bonds. The highest BCUT2D eigenvalue weighted by Gasteiger charge is 2.09. The molecule has 0 fully saturated rings. The SMILES string of the molecule is CC(Nc1ccc(C#N)c(F)c1)c1ccc(Cl)s1. The summed E-state index contributed by atoms with van der Waals surface area (Å²) in [6.45, 7) is 1.97. The van der Waals surface area contributed by atoms with Crippen molar-refractivity contribution in [2.45, 2.75) is 13.0 Å². The second-order valence-corrected chi connectivity index (χ2v) is 5.56. The highest BCUT2D eigenvalue weighted by molar-refractivity contribution is 7.16. The van der Waals surface area contributed by atoms with Gasteiger partial charge in [0.05, 0.1) is 15.9 Å². The topological polar surface area (TPSA) is 35.8 Å². The molecule has 0 saturated heterocycles. The van der Waals surface area contributed by atoms with Crippen LogP contribution in [0.1, 0.15) is 23.4 Å². The molecule has 1 N–H and O–H groups in total. The Morgan fingerprint density at radius 2 is 2.17 bits per heavy atom. The number of nitrogens with one attached hydrogen (secondary N) is 1. The molecule has 1 aromatic heterocycles. The Kier molecular flexibility index (Phi) is 3.85. The lowest BCUT2D eigenvalue weighted by Crippen LogP contribution is -2.05. The van der Waals surface area contributed by atoms with Gasteiger partial charge in [-0.25, -0.2) is 4.39 Å². The van der Waals surface area contributed by atoms with Crippen LogP contribution in [0.15, 0.2) is 30.3 Å². The molecule has 2 rings (SSSR count). The van der Waals surface area contributed by atoms with Crippen molar-refractivity contribution < 1.29 is 4.39 Å². The minimum absolute atomic E-state index is 0.0369. The van der Waals surface area contributed by atoms with Gasteiger partial charge in [0.25, 0.3) is 0 Å². The number of benzene rings is 1. The summed E-state index contributed by atoms with van der Waals surface area (Å²) < 4.78 is 14.2. The Balaban J connectivity index is 2.15. The van der Waals surface area contributed by atoms with Crippen molar-refractivity contribution in [1.29, 1.82) is 5.26 Å². The monoisotopic (exact) mass is 280 g/mol. The Morgan fingerprint density at radius 3 is 2.72 bits per heavy atom. The van der Waals surface area contributed by atoms with Gasteiger partial charge in [0.2, 0.25) is 0 Å². The molecule has 2 nitrogen and oxygen atoms in total. The number of rotatable bonds is 3. The van der Waals surface area contributed by atoms with E-state index in [0.29, 0.717) is 5.69 Å². The maximum atomic E-state index is 13.4. The van der Waals surface area contributed by atoms with E-state index in [4.69, 9.17) is 16.9 Å². The van der Waals surface area contributed by atoms with E-state index in [1.54, 1.807) is 12.1 Å². The number of hydrogen-bond acceptors (Lipinski definition) is 3. The molecule has 0 aliphatic rings. The van der Waals surface area contributed by atoms with Crippen LogP contribution in [0.4, 0.5) is 10.1 Å². The van der Waals surface area contributed by atoms with Gasteiger partial charge < -0.3 is 5.32 Å². The molecule has 5 heteroatoms. The van der Waals surface area contributed by atoms with E-state index in [1.807, 2.05) is 19.1 Å². The number of hydrogen-bond donors (Lipinski definition) is 1. The molecular formula is C13H10ClFN2S. The first-order valence-corrected chi connectivity index (χ1v) is 6.51. The zero-order valence-corrected chi connectivity index (χ0v) is 11.1. The van der Waals surface area contributed by atoms with Crippen LogP contribution in [0, 0.1) is 17.1 Å². The number of anilines is 1. The van der Waals surface area contributed by atoms with Crippen molar-refractivity contribution >= 4 is 28.6 Å². The molecule has 0 aliphatic heterocycles. The minimum atomic E-state index is -0.515. The molecule has 0 aliphatic carbocycles. The summed E-state index contributed by atoms with van der Waals surface area (Å²) in [6.07, 6.45) is 0. The molecule has 0 saturated carbocycles. The van der Waals surface area contributed by atoms with Gasteiger partial charge in [-0.05, 0) is 37.3 Å². The summed E-state index contributed by atoms with van der Waals surface area (Å²) in [5.41, 5.74) is 0.691. The number of nitriles is 1. The highest BCUT2D eigenvalue weighted by Crippen LogP contribution is 2.29. The average molecular weight is 281 g/mol. The summed E-state index contributed by atoms with van der Waals surface area (Å²) in [5, 5.41) is 11.8. The van der Waals surface area contributed by atoms with E-state index in [-0.39, 0.29) is 11.6 Å².